The highest BCUT2D eigenvalue weighted by atomic mass is 14.7. The Kier molecular flexibility index (Phi) is 1.34. The van der Waals surface area contributed by atoms with Crippen molar-refractivity contribution in [2.45, 2.75) is 0 Å². The van der Waals surface area contributed by atoms with Crippen LogP contribution in [0.2, 0.25) is 0 Å². The van der Waals surface area contributed by atoms with E-state index in [0.717, 1.165) is 5.46 Å². The number of rotatable bonds is 0. The molecule has 0 aromatic heterocycles. The molecule has 0 unspecified atom stereocenters. The molecule has 0 saturated heterocycles. The van der Waals surface area contributed by atoms with E-state index in [1.54, 1.807) is 6.07 Å². The summed E-state index contributed by atoms with van der Waals surface area (Å²) in [5.74, 6) is 0. The molecule has 0 heterocycles. The molecule has 3 heteroatoms. The fourth-order valence-electron chi connectivity index (χ4n) is 0.703. The van der Waals surface area contributed by atoms with Crippen LogP contribution in [0.4, 0.5) is 11.4 Å². The molecular weight excluding hydrogens is 111 g/mol. The molecule has 0 aliphatic carbocycles. The molecular formula is C6H9BN2. The second-order valence-electron chi connectivity index (χ2n) is 2.08. The van der Waals surface area contributed by atoms with Crippen LogP contribution in [0.1, 0.15) is 0 Å². The van der Waals surface area contributed by atoms with Crippen molar-refractivity contribution in [1.82, 2.24) is 0 Å². The van der Waals surface area contributed by atoms with Crippen LogP contribution in [0.5, 0.6) is 0 Å². The first-order valence-electron chi connectivity index (χ1n) is 2.82. The summed E-state index contributed by atoms with van der Waals surface area (Å²) in [5.41, 5.74) is 13.4. The molecule has 4 N–H and O–H groups in total. The summed E-state index contributed by atoms with van der Waals surface area (Å²) in [6, 6.07) is 5.62. The summed E-state index contributed by atoms with van der Waals surface area (Å²) in [5, 5.41) is 0. The third-order valence-corrected chi connectivity index (χ3v) is 1.36. The zero-order chi connectivity index (χ0) is 6.85. The highest BCUT2D eigenvalue weighted by molar-refractivity contribution is 6.36. The van der Waals surface area contributed by atoms with E-state index in [4.69, 9.17) is 11.5 Å². The van der Waals surface area contributed by atoms with Gasteiger partial charge >= 0.3 is 0 Å². The molecule has 0 fully saturated rings. The molecule has 0 saturated carbocycles. The minimum absolute atomic E-state index is 0.662. The summed E-state index contributed by atoms with van der Waals surface area (Å²) >= 11 is 0. The summed E-state index contributed by atoms with van der Waals surface area (Å²) in [6.07, 6.45) is 0. The van der Waals surface area contributed by atoms with Crippen molar-refractivity contribution in [2.24, 2.45) is 0 Å². The van der Waals surface area contributed by atoms with Gasteiger partial charge in [0.25, 0.3) is 0 Å². The predicted octanol–water partition coefficient (Wildman–Crippen LogP) is -0.891. The second kappa shape index (κ2) is 2.01. The molecule has 0 amide bonds. The number of para-hydroxylation sites is 1. The first-order chi connectivity index (χ1) is 4.22. The molecule has 9 heavy (non-hydrogen) atoms. The molecule has 0 radical (unpaired) electrons. The van der Waals surface area contributed by atoms with Gasteiger partial charge in [0.15, 0.2) is 0 Å². The van der Waals surface area contributed by atoms with Crippen LogP contribution in [-0.2, 0) is 0 Å². The van der Waals surface area contributed by atoms with E-state index in [1.165, 1.54) is 0 Å². The van der Waals surface area contributed by atoms with Crippen molar-refractivity contribution < 1.29 is 0 Å². The standard InChI is InChI=1S/C6H9BN2/c7-4-2-1-3-5(8)6(4)9/h1-3H,7-9H2. The lowest BCUT2D eigenvalue weighted by molar-refractivity contribution is 1.71. The molecule has 0 bridgehead atoms. The number of nitrogen functional groups attached to an aromatic ring is 2. The van der Waals surface area contributed by atoms with Gasteiger partial charge in [-0.1, -0.05) is 17.6 Å². The minimum Gasteiger partial charge on any atom is -0.398 e. The lowest BCUT2D eigenvalue weighted by atomic mass is 9.94. The first-order valence-corrected chi connectivity index (χ1v) is 2.82. The number of benzene rings is 1. The van der Waals surface area contributed by atoms with Gasteiger partial charge in [-0.2, -0.15) is 0 Å². The average Bonchev–Trinajstić information content (AvgIpc) is 1.83. The van der Waals surface area contributed by atoms with Crippen molar-refractivity contribution in [1.29, 1.82) is 0 Å². The van der Waals surface area contributed by atoms with E-state index in [0.29, 0.717) is 11.4 Å². The molecule has 0 aliphatic heterocycles. The van der Waals surface area contributed by atoms with Crippen LogP contribution >= 0.6 is 0 Å². The zero-order valence-corrected chi connectivity index (χ0v) is 5.39. The van der Waals surface area contributed by atoms with Crippen molar-refractivity contribution >= 4 is 24.7 Å². The van der Waals surface area contributed by atoms with Crippen LogP contribution in [0.25, 0.3) is 0 Å². The fourth-order valence-corrected chi connectivity index (χ4v) is 0.703. The van der Waals surface area contributed by atoms with Gasteiger partial charge in [0.1, 0.15) is 7.85 Å². The van der Waals surface area contributed by atoms with Gasteiger partial charge in [-0.25, -0.2) is 0 Å². The average molecular weight is 120 g/mol. The maximum Gasteiger partial charge on any atom is 0.142 e. The van der Waals surface area contributed by atoms with E-state index in [2.05, 4.69) is 0 Å². The van der Waals surface area contributed by atoms with Gasteiger partial charge in [0.05, 0.1) is 5.69 Å². The van der Waals surface area contributed by atoms with Crippen LogP contribution in [-0.4, -0.2) is 7.85 Å². The van der Waals surface area contributed by atoms with Gasteiger partial charge in [-0.3, -0.25) is 0 Å². The Hall–Kier alpha value is -1.12. The molecule has 0 aliphatic rings. The maximum atomic E-state index is 5.56. The second-order valence-corrected chi connectivity index (χ2v) is 2.08. The SMILES string of the molecule is Bc1cccc(N)c1N. The van der Waals surface area contributed by atoms with E-state index in [1.807, 2.05) is 20.0 Å². The summed E-state index contributed by atoms with van der Waals surface area (Å²) < 4.78 is 0. The molecule has 46 valence electrons. The molecule has 0 atom stereocenters. The monoisotopic (exact) mass is 120 g/mol. The normalized spacial score (nSPS) is 9.33. The van der Waals surface area contributed by atoms with E-state index >= 15 is 0 Å². The van der Waals surface area contributed by atoms with Crippen molar-refractivity contribution in [2.75, 3.05) is 11.5 Å². The Morgan fingerprint density at radius 3 is 2.33 bits per heavy atom. The highest BCUT2D eigenvalue weighted by Crippen LogP contribution is 2.07. The number of hydrogen-bond acceptors (Lipinski definition) is 2. The third kappa shape index (κ3) is 0.990. The maximum absolute atomic E-state index is 5.56. The van der Waals surface area contributed by atoms with Crippen molar-refractivity contribution in [3.8, 4) is 0 Å². The lowest BCUT2D eigenvalue weighted by Crippen LogP contribution is -2.11. The predicted molar refractivity (Wildman–Crippen MR) is 43.4 cm³/mol. The van der Waals surface area contributed by atoms with Crippen LogP contribution in [0, 0.1) is 0 Å². The Bertz CT molecular complexity index is 202. The van der Waals surface area contributed by atoms with Crippen molar-refractivity contribution in [3.05, 3.63) is 18.2 Å². The Labute approximate surface area is 55.3 Å². The summed E-state index contributed by atoms with van der Waals surface area (Å²) in [6.45, 7) is 0. The Balaban J connectivity index is 3.25. The van der Waals surface area contributed by atoms with Gasteiger partial charge in [0.2, 0.25) is 0 Å². The third-order valence-electron chi connectivity index (χ3n) is 1.36. The van der Waals surface area contributed by atoms with Crippen molar-refractivity contribution in [3.63, 3.8) is 0 Å². The molecule has 2 nitrogen and oxygen atoms in total. The number of anilines is 2. The largest absolute Gasteiger partial charge is 0.398 e. The Morgan fingerprint density at radius 1 is 1.22 bits per heavy atom. The van der Waals surface area contributed by atoms with E-state index in [9.17, 15) is 0 Å². The summed E-state index contributed by atoms with van der Waals surface area (Å²) in [7, 11) is 1.94. The van der Waals surface area contributed by atoms with E-state index < -0.39 is 0 Å². The molecule has 0 spiro atoms. The van der Waals surface area contributed by atoms with Gasteiger partial charge in [0, 0.05) is 5.69 Å². The summed E-state index contributed by atoms with van der Waals surface area (Å²) in [4.78, 5) is 0. The fraction of sp³-hybridized carbons (Fsp3) is 0. The topological polar surface area (TPSA) is 52.0 Å². The molecule has 1 rings (SSSR count). The Morgan fingerprint density at radius 2 is 1.89 bits per heavy atom. The van der Waals surface area contributed by atoms with Gasteiger partial charge < -0.3 is 11.5 Å². The zero-order valence-electron chi connectivity index (χ0n) is 5.39. The molecule has 1 aromatic rings. The quantitative estimate of drug-likeness (QED) is 0.344. The van der Waals surface area contributed by atoms with Crippen LogP contribution < -0.4 is 16.9 Å². The lowest BCUT2D eigenvalue weighted by Gasteiger charge is -2.00. The molecule has 1 aromatic carbocycles. The number of hydrogen-bond donors (Lipinski definition) is 2. The van der Waals surface area contributed by atoms with Crippen LogP contribution in [0.15, 0.2) is 18.2 Å². The van der Waals surface area contributed by atoms with Gasteiger partial charge in [-0.05, 0) is 6.07 Å². The highest BCUT2D eigenvalue weighted by Gasteiger charge is 1.93. The minimum atomic E-state index is 0.662. The first kappa shape index (κ1) is 6.01. The smallest absolute Gasteiger partial charge is 0.142 e. The van der Waals surface area contributed by atoms with Gasteiger partial charge in [-0.15, -0.1) is 0 Å². The number of nitrogens with two attached hydrogens (primary N) is 2. The van der Waals surface area contributed by atoms with Crippen LogP contribution in [0.3, 0.4) is 0 Å². The van der Waals surface area contributed by atoms with E-state index in [-0.39, 0.29) is 0 Å².